The maximum Gasteiger partial charge on any atom is 0.326 e. The van der Waals surface area contributed by atoms with Crippen LogP contribution in [0.1, 0.15) is 39.0 Å². The van der Waals surface area contributed by atoms with Gasteiger partial charge >= 0.3 is 5.97 Å². The number of rotatable bonds is 7. The van der Waals surface area contributed by atoms with Crippen molar-refractivity contribution in [3.63, 3.8) is 0 Å². The molecule has 0 aliphatic heterocycles. The van der Waals surface area contributed by atoms with Gasteiger partial charge in [-0.1, -0.05) is 6.92 Å². The van der Waals surface area contributed by atoms with E-state index >= 15 is 0 Å². The van der Waals surface area contributed by atoms with Crippen LogP contribution in [-0.4, -0.2) is 34.5 Å². The summed E-state index contributed by atoms with van der Waals surface area (Å²) in [7, 11) is 0. The molecule has 0 aromatic carbocycles. The molecule has 4 nitrogen and oxygen atoms in total. The van der Waals surface area contributed by atoms with E-state index in [0.29, 0.717) is 18.1 Å². The molecular formula is C12H21NO3S. The zero-order chi connectivity index (χ0) is 12.7. The van der Waals surface area contributed by atoms with Crippen LogP contribution in [0.3, 0.4) is 0 Å². The summed E-state index contributed by atoms with van der Waals surface area (Å²) < 4.78 is 0. The minimum atomic E-state index is -0.949. The van der Waals surface area contributed by atoms with Crippen LogP contribution in [0.4, 0.5) is 0 Å². The molecule has 0 aromatic rings. The third kappa shape index (κ3) is 5.44. The van der Waals surface area contributed by atoms with Gasteiger partial charge in [0.1, 0.15) is 6.04 Å². The standard InChI is InChI=1S/C12H21NO3S/c1-9-2-4-10(5-3-9)17-7-6-11(12(15)16)13-8-14/h8-11H,2-7H2,1H3,(H,13,14)(H,15,16). The van der Waals surface area contributed by atoms with Gasteiger partial charge in [0.25, 0.3) is 0 Å². The predicted molar refractivity (Wildman–Crippen MR) is 69.1 cm³/mol. The first-order valence-corrected chi connectivity index (χ1v) is 7.22. The Balaban J connectivity index is 2.17. The number of hydrogen-bond donors (Lipinski definition) is 2. The molecule has 1 saturated carbocycles. The molecule has 1 aliphatic carbocycles. The van der Waals surface area contributed by atoms with E-state index in [1.54, 1.807) is 0 Å². The zero-order valence-electron chi connectivity index (χ0n) is 10.2. The average molecular weight is 259 g/mol. The highest BCUT2D eigenvalue weighted by Gasteiger charge is 2.20. The Morgan fingerprint density at radius 2 is 2.12 bits per heavy atom. The maximum atomic E-state index is 10.8. The first-order chi connectivity index (χ1) is 8.13. The van der Waals surface area contributed by atoms with Gasteiger partial charge in [-0.25, -0.2) is 4.79 Å². The number of hydrogen-bond acceptors (Lipinski definition) is 3. The van der Waals surface area contributed by atoms with Crippen molar-refractivity contribution in [3.8, 4) is 0 Å². The number of carbonyl (C=O) groups is 2. The summed E-state index contributed by atoms with van der Waals surface area (Å²) in [6, 6.07) is -0.734. The molecule has 0 spiro atoms. The van der Waals surface area contributed by atoms with E-state index in [1.165, 1.54) is 25.7 Å². The molecule has 0 heterocycles. The van der Waals surface area contributed by atoms with E-state index < -0.39 is 12.0 Å². The second-order valence-corrected chi connectivity index (χ2v) is 6.12. The van der Waals surface area contributed by atoms with E-state index in [4.69, 9.17) is 5.11 Å². The number of carboxylic acid groups (broad SMARTS) is 1. The largest absolute Gasteiger partial charge is 0.480 e. The lowest BCUT2D eigenvalue weighted by molar-refractivity contribution is -0.140. The first kappa shape index (κ1) is 14.4. The van der Waals surface area contributed by atoms with Gasteiger partial charge in [-0.2, -0.15) is 11.8 Å². The van der Waals surface area contributed by atoms with Gasteiger partial charge in [-0.3, -0.25) is 4.79 Å². The minimum absolute atomic E-state index is 0.464. The van der Waals surface area contributed by atoms with Gasteiger partial charge in [-0.05, 0) is 43.8 Å². The topological polar surface area (TPSA) is 66.4 Å². The molecule has 0 bridgehead atoms. The van der Waals surface area contributed by atoms with Crippen LogP contribution in [0.5, 0.6) is 0 Å². The van der Waals surface area contributed by atoms with E-state index in [2.05, 4.69) is 12.2 Å². The van der Waals surface area contributed by atoms with E-state index in [9.17, 15) is 9.59 Å². The zero-order valence-corrected chi connectivity index (χ0v) is 11.0. The van der Waals surface area contributed by atoms with Crippen LogP contribution in [0.15, 0.2) is 0 Å². The molecule has 98 valence electrons. The highest BCUT2D eigenvalue weighted by Crippen LogP contribution is 2.31. The summed E-state index contributed by atoms with van der Waals surface area (Å²) in [5.41, 5.74) is 0. The molecule has 1 fully saturated rings. The van der Waals surface area contributed by atoms with E-state index in [-0.39, 0.29) is 0 Å². The molecule has 1 amide bonds. The first-order valence-electron chi connectivity index (χ1n) is 6.17. The summed E-state index contributed by atoms with van der Waals surface area (Å²) in [4.78, 5) is 21.0. The number of thioether (sulfide) groups is 1. The molecular weight excluding hydrogens is 238 g/mol. The predicted octanol–water partition coefficient (Wildman–Crippen LogP) is 1.89. The Labute approximate surface area is 107 Å². The second-order valence-electron chi connectivity index (χ2n) is 4.72. The van der Waals surface area contributed by atoms with Crippen LogP contribution >= 0.6 is 11.8 Å². The molecule has 2 N–H and O–H groups in total. The number of carbonyl (C=O) groups excluding carboxylic acids is 1. The lowest BCUT2D eigenvalue weighted by Gasteiger charge is -2.25. The molecule has 0 aromatic heterocycles. The monoisotopic (exact) mass is 259 g/mol. The minimum Gasteiger partial charge on any atom is -0.480 e. The van der Waals surface area contributed by atoms with Crippen molar-refractivity contribution in [1.29, 1.82) is 0 Å². The third-order valence-corrected chi connectivity index (χ3v) is 4.70. The van der Waals surface area contributed by atoms with Crippen LogP contribution in [0.2, 0.25) is 0 Å². The van der Waals surface area contributed by atoms with Crippen molar-refractivity contribution in [1.82, 2.24) is 5.32 Å². The summed E-state index contributed by atoms with van der Waals surface area (Å²) in [6.45, 7) is 2.29. The van der Waals surface area contributed by atoms with Gasteiger partial charge in [0.05, 0.1) is 0 Å². The van der Waals surface area contributed by atoms with Crippen molar-refractivity contribution >= 4 is 24.1 Å². The van der Waals surface area contributed by atoms with Crippen LogP contribution in [0, 0.1) is 5.92 Å². The SMILES string of the molecule is CC1CCC(SCCC(NC=O)C(=O)O)CC1. The lowest BCUT2D eigenvalue weighted by atomic mass is 9.91. The molecule has 1 atom stereocenters. The van der Waals surface area contributed by atoms with Gasteiger partial charge < -0.3 is 10.4 Å². The smallest absolute Gasteiger partial charge is 0.326 e. The summed E-state index contributed by atoms with van der Waals surface area (Å²) in [5.74, 6) is 0.696. The molecule has 0 radical (unpaired) electrons. The van der Waals surface area contributed by atoms with E-state index in [1.807, 2.05) is 11.8 Å². The van der Waals surface area contributed by atoms with Gasteiger partial charge in [0.2, 0.25) is 6.41 Å². The Morgan fingerprint density at radius 3 is 2.65 bits per heavy atom. The number of carboxylic acids is 1. The van der Waals surface area contributed by atoms with E-state index in [0.717, 1.165) is 11.7 Å². The Bertz CT molecular complexity index is 252. The quantitative estimate of drug-likeness (QED) is 0.685. The van der Waals surface area contributed by atoms with Crippen LogP contribution in [0.25, 0.3) is 0 Å². The van der Waals surface area contributed by atoms with Gasteiger partial charge in [0, 0.05) is 5.25 Å². The molecule has 0 saturated heterocycles. The van der Waals surface area contributed by atoms with Crippen molar-refractivity contribution in [2.45, 2.75) is 50.3 Å². The molecule has 1 unspecified atom stereocenters. The lowest BCUT2D eigenvalue weighted by Crippen LogP contribution is -2.36. The summed E-state index contributed by atoms with van der Waals surface area (Å²) >= 11 is 1.85. The highest BCUT2D eigenvalue weighted by atomic mass is 32.2. The second kappa shape index (κ2) is 7.58. The molecule has 17 heavy (non-hydrogen) atoms. The summed E-state index contributed by atoms with van der Waals surface area (Å²) in [6.07, 6.45) is 6.02. The number of nitrogens with one attached hydrogen (secondary N) is 1. The fraction of sp³-hybridized carbons (Fsp3) is 0.833. The number of aliphatic carboxylic acids is 1. The third-order valence-electron chi connectivity index (χ3n) is 3.29. The summed E-state index contributed by atoms with van der Waals surface area (Å²) in [5, 5.41) is 11.9. The van der Waals surface area contributed by atoms with Crippen LogP contribution < -0.4 is 5.32 Å². The van der Waals surface area contributed by atoms with Crippen molar-refractivity contribution in [2.24, 2.45) is 5.92 Å². The maximum absolute atomic E-state index is 10.8. The van der Waals surface area contributed by atoms with Gasteiger partial charge in [-0.15, -0.1) is 0 Å². The molecule has 5 heteroatoms. The molecule has 1 rings (SSSR count). The average Bonchev–Trinajstić information content (AvgIpc) is 2.30. The van der Waals surface area contributed by atoms with Crippen molar-refractivity contribution in [2.75, 3.05) is 5.75 Å². The van der Waals surface area contributed by atoms with Crippen LogP contribution in [-0.2, 0) is 9.59 Å². The Morgan fingerprint density at radius 1 is 1.47 bits per heavy atom. The van der Waals surface area contributed by atoms with Gasteiger partial charge in [0.15, 0.2) is 0 Å². The Hall–Kier alpha value is -0.710. The van der Waals surface area contributed by atoms with Crippen molar-refractivity contribution < 1.29 is 14.7 Å². The fourth-order valence-electron chi connectivity index (χ4n) is 2.11. The molecule has 1 aliphatic rings. The normalized spacial score (nSPS) is 26.2. The highest BCUT2D eigenvalue weighted by molar-refractivity contribution is 7.99. The fourth-order valence-corrected chi connectivity index (χ4v) is 3.42. The number of amides is 1. The van der Waals surface area contributed by atoms with Crippen molar-refractivity contribution in [3.05, 3.63) is 0 Å². The Kier molecular flexibility index (Phi) is 6.40.